The van der Waals surface area contributed by atoms with Crippen molar-refractivity contribution in [1.82, 2.24) is 4.98 Å². The maximum atomic E-state index is 12.4. The van der Waals surface area contributed by atoms with Crippen LogP contribution in [0.25, 0.3) is 22.2 Å². The highest BCUT2D eigenvalue weighted by atomic mass is 32.1. The Hall–Kier alpha value is -3.45. The van der Waals surface area contributed by atoms with Crippen LogP contribution in [0.15, 0.2) is 51.7 Å². The molecule has 32 heavy (non-hydrogen) atoms. The van der Waals surface area contributed by atoms with Crippen LogP contribution >= 0.6 is 11.3 Å². The summed E-state index contributed by atoms with van der Waals surface area (Å²) in [5.74, 6) is 0.175. The number of hydrogen-bond acceptors (Lipinski definition) is 6. The van der Waals surface area contributed by atoms with E-state index in [4.69, 9.17) is 9.15 Å². The van der Waals surface area contributed by atoms with Crippen molar-refractivity contribution in [2.24, 2.45) is 0 Å². The Morgan fingerprint density at radius 3 is 2.72 bits per heavy atom. The summed E-state index contributed by atoms with van der Waals surface area (Å²) in [5, 5.41) is 4.28. The second-order valence-electron chi connectivity index (χ2n) is 7.98. The maximum Gasteiger partial charge on any atom is 0.339 e. The molecule has 1 aliphatic carbocycles. The molecule has 6 nitrogen and oxygen atoms in total. The van der Waals surface area contributed by atoms with Gasteiger partial charge in [-0.25, -0.2) is 9.78 Å². The molecule has 2 aromatic carbocycles. The van der Waals surface area contributed by atoms with Gasteiger partial charge in [-0.2, -0.15) is 0 Å². The fourth-order valence-corrected chi connectivity index (χ4v) is 4.94. The molecule has 0 unspecified atom stereocenters. The fourth-order valence-electron chi connectivity index (χ4n) is 4.09. The van der Waals surface area contributed by atoms with Crippen molar-refractivity contribution in [1.29, 1.82) is 0 Å². The van der Waals surface area contributed by atoms with Gasteiger partial charge in [-0.1, -0.05) is 29.8 Å². The lowest BCUT2D eigenvalue weighted by molar-refractivity contribution is -0.118. The van der Waals surface area contributed by atoms with Crippen molar-refractivity contribution in [2.45, 2.75) is 33.1 Å². The number of rotatable bonds is 5. The van der Waals surface area contributed by atoms with E-state index in [1.807, 2.05) is 44.2 Å². The molecule has 0 saturated heterocycles. The fraction of sp³-hybridized carbons (Fsp3) is 0.240. The van der Waals surface area contributed by atoms with Gasteiger partial charge in [0.2, 0.25) is 0 Å². The standard InChI is InChI=1S/C25H22N2O4S/c1-14-6-8-16(9-7-14)23-15(2)32-25(27-23)26-22(28)13-30-17-10-11-19-18-4-3-5-20(18)24(29)31-21(19)12-17/h6-12H,3-5,13H2,1-2H3,(H,26,27,28). The van der Waals surface area contributed by atoms with Crippen LogP contribution < -0.4 is 15.7 Å². The first-order valence-corrected chi connectivity index (χ1v) is 11.4. The molecule has 1 aliphatic rings. The van der Waals surface area contributed by atoms with E-state index in [0.717, 1.165) is 51.9 Å². The maximum absolute atomic E-state index is 12.4. The molecular weight excluding hydrogens is 424 g/mol. The zero-order chi connectivity index (χ0) is 22.2. The van der Waals surface area contributed by atoms with Gasteiger partial charge in [0.15, 0.2) is 11.7 Å². The number of aryl methyl sites for hydroxylation is 3. The molecule has 0 aliphatic heterocycles. The quantitative estimate of drug-likeness (QED) is 0.435. The van der Waals surface area contributed by atoms with Gasteiger partial charge in [0.25, 0.3) is 5.91 Å². The van der Waals surface area contributed by atoms with E-state index in [1.54, 1.807) is 12.1 Å². The van der Waals surface area contributed by atoms with Gasteiger partial charge in [0.1, 0.15) is 11.3 Å². The number of nitrogens with one attached hydrogen (secondary N) is 1. The summed E-state index contributed by atoms with van der Waals surface area (Å²) in [5.41, 5.74) is 5.15. The van der Waals surface area contributed by atoms with Crippen LogP contribution in [0, 0.1) is 13.8 Å². The number of benzene rings is 2. The number of carbonyl (C=O) groups is 1. The Labute approximate surface area is 188 Å². The molecule has 0 atom stereocenters. The van der Waals surface area contributed by atoms with E-state index in [2.05, 4.69) is 10.3 Å². The van der Waals surface area contributed by atoms with E-state index in [9.17, 15) is 9.59 Å². The SMILES string of the molecule is Cc1ccc(-c2nc(NC(=O)COc3ccc4c5c(c(=O)oc4c3)CCC5)sc2C)cc1. The van der Waals surface area contributed by atoms with Crippen molar-refractivity contribution >= 4 is 33.3 Å². The predicted molar refractivity (Wildman–Crippen MR) is 126 cm³/mol. The molecule has 1 N–H and O–H groups in total. The van der Waals surface area contributed by atoms with E-state index < -0.39 is 0 Å². The summed E-state index contributed by atoms with van der Waals surface area (Å²) < 4.78 is 11.1. The molecule has 2 aromatic heterocycles. The Kier molecular flexibility index (Phi) is 5.27. The number of nitrogens with zero attached hydrogens (tertiary/aromatic N) is 1. The summed E-state index contributed by atoms with van der Waals surface area (Å²) in [4.78, 5) is 30.2. The second-order valence-corrected chi connectivity index (χ2v) is 9.19. The van der Waals surface area contributed by atoms with Crippen LogP contribution in [0.2, 0.25) is 0 Å². The van der Waals surface area contributed by atoms with E-state index in [-0.39, 0.29) is 18.1 Å². The van der Waals surface area contributed by atoms with Crippen LogP contribution in [0.1, 0.15) is 28.0 Å². The number of ether oxygens (including phenoxy) is 1. The first-order chi connectivity index (χ1) is 15.5. The third kappa shape index (κ3) is 3.91. The number of aromatic nitrogens is 1. The second kappa shape index (κ2) is 8.24. The van der Waals surface area contributed by atoms with Crippen LogP contribution in [0.4, 0.5) is 5.13 Å². The van der Waals surface area contributed by atoms with Crippen molar-refractivity contribution in [2.75, 3.05) is 11.9 Å². The molecule has 7 heteroatoms. The lowest BCUT2D eigenvalue weighted by Crippen LogP contribution is -2.20. The topological polar surface area (TPSA) is 81.4 Å². The van der Waals surface area contributed by atoms with Crippen LogP contribution in [0.3, 0.4) is 0 Å². The molecule has 162 valence electrons. The third-order valence-corrected chi connectivity index (χ3v) is 6.57. The van der Waals surface area contributed by atoms with Crippen LogP contribution in [-0.2, 0) is 17.6 Å². The Morgan fingerprint density at radius 2 is 1.91 bits per heavy atom. The molecule has 0 spiro atoms. The Morgan fingerprint density at radius 1 is 1.12 bits per heavy atom. The number of carbonyl (C=O) groups excluding carboxylic acids is 1. The zero-order valence-electron chi connectivity index (χ0n) is 17.9. The molecule has 0 radical (unpaired) electrons. The normalized spacial score (nSPS) is 12.7. The largest absolute Gasteiger partial charge is 0.484 e. The smallest absolute Gasteiger partial charge is 0.339 e. The van der Waals surface area contributed by atoms with Gasteiger partial charge < -0.3 is 9.15 Å². The summed E-state index contributed by atoms with van der Waals surface area (Å²) in [6, 6.07) is 13.5. The Bertz CT molecular complexity index is 1390. The van der Waals surface area contributed by atoms with Gasteiger partial charge in [0, 0.05) is 27.5 Å². The lowest BCUT2D eigenvalue weighted by Gasteiger charge is -2.08. The summed E-state index contributed by atoms with van der Waals surface area (Å²) in [6.45, 7) is 3.86. The molecule has 2 heterocycles. The van der Waals surface area contributed by atoms with Gasteiger partial charge in [-0.15, -0.1) is 11.3 Å². The summed E-state index contributed by atoms with van der Waals surface area (Å²) in [6.07, 6.45) is 2.63. The minimum Gasteiger partial charge on any atom is -0.484 e. The molecule has 0 bridgehead atoms. The number of anilines is 1. The Balaban J connectivity index is 1.27. The molecule has 5 rings (SSSR count). The molecule has 1 amide bonds. The van der Waals surface area contributed by atoms with E-state index in [1.165, 1.54) is 16.9 Å². The zero-order valence-corrected chi connectivity index (χ0v) is 18.7. The number of hydrogen-bond donors (Lipinski definition) is 1. The molecule has 0 fully saturated rings. The average Bonchev–Trinajstić information content (AvgIpc) is 3.40. The first kappa shape index (κ1) is 20.5. The highest BCUT2D eigenvalue weighted by Crippen LogP contribution is 2.31. The van der Waals surface area contributed by atoms with E-state index in [0.29, 0.717) is 16.5 Å². The number of fused-ring (bicyclic) bond motifs is 3. The highest BCUT2D eigenvalue weighted by Gasteiger charge is 2.20. The van der Waals surface area contributed by atoms with Gasteiger partial charge in [-0.3, -0.25) is 10.1 Å². The van der Waals surface area contributed by atoms with Gasteiger partial charge in [-0.05, 0) is 50.8 Å². The van der Waals surface area contributed by atoms with Crippen LogP contribution in [-0.4, -0.2) is 17.5 Å². The van der Waals surface area contributed by atoms with Gasteiger partial charge in [0.05, 0.1) is 5.69 Å². The number of amides is 1. The third-order valence-electron chi connectivity index (χ3n) is 5.68. The molecular formula is C25H22N2O4S. The van der Waals surface area contributed by atoms with E-state index >= 15 is 0 Å². The molecule has 4 aromatic rings. The van der Waals surface area contributed by atoms with Crippen molar-refractivity contribution in [3.05, 3.63) is 74.5 Å². The number of thiazole rings is 1. The average molecular weight is 447 g/mol. The minimum absolute atomic E-state index is 0.167. The monoisotopic (exact) mass is 446 g/mol. The highest BCUT2D eigenvalue weighted by molar-refractivity contribution is 7.16. The van der Waals surface area contributed by atoms with Crippen molar-refractivity contribution in [3.8, 4) is 17.0 Å². The summed E-state index contributed by atoms with van der Waals surface area (Å²) >= 11 is 1.43. The lowest BCUT2D eigenvalue weighted by atomic mass is 10.1. The first-order valence-electron chi connectivity index (χ1n) is 10.5. The molecule has 0 saturated carbocycles. The summed E-state index contributed by atoms with van der Waals surface area (Å²) in [7, 11) is 0. The minimum atomic E-state index is -0.301. The van der Waals surface area contributed by atoms with Gasteiger partial charge >= 0.3 is 5.63 Å². The van der Waals surface area contributed by atoms with Crippen molar-refractivity contribution in [3.63, 3.8) is 0 Å². The predicted octanol–water partition coefficient (Wildman–Crippen LogP) is 5.04. The van der Waals surface area contributed by atoms with Crippen molar-refractivity contribution < 1.29 is 13.9 Å². The van der Waals surface area contributed by atoms with Crippen LogP contribution in [0.5, 0.6) is 5.75 Å².